The second kappa shape index (κ2) is 8.31. The Bertz CT molecular complexity index is 818. The highest BCUT2D eigenvalue weighted by molar-refractivity contribution is 7.92. The van der Waals surface area contributed by atoms with Gasteiger partial charge in [-0.3, -0.25) is 4.79 Å². The summed E-state index contributed by atoms with van der Waals surface area (Å²) in [4.78, 5) is 26.1. The monoisotopic (exact) mass is 415 g/mol. The largest absolute Gasteiger partial charge is 0.456 e. The molecule has 0 bridgehead atoms. The zero-order chi connectivity index (χ0) is 20.4. The molecular weight excluding hydrogens is 386 g/mol. The molecule has 8 heteroatoms. The van der Waals surface area contributed by atoms with E-state index < -0.39 is 33.1 Å². The van der Waals surface area contributed by atoms with E-state index in [1.54, 1.807) is 20.8 Å². The number of thiophene rings is 1. The molecular formula is C19H29NO5S2. The van der Waals surface area contributed by atoms with Crippen LogP contribution in [0.4, 0.5) is 5.00 Å². The summed E-state index contributed by atoms with van der Waals surface area (Å²) in [5.74, 6) is -1.21. The van der Waals surface area contributed by atoms with Crippen LogP contribution in [0.5, 0.6) is 0 Å². The number of sulfone groups is 1. The highest BCUT2D eigenvalue weighted by Crippen LogP contribution is 2.41. The smallest absolute Gasteiger partial charge is 0.341 e. The molecule has 0 saturated heterocycles. The summed E-state index contributed by atoms with van der Waals surface area (Å²) in [6.07, 6.45) is 3.70. The zero-order valence-corrected chi connectivity index (χ0v) is 18.3. The third kappa shape index (κ3) is 5.78. The van der Waals surface area contributed by atoms with E-state index in [0.29, 0.717) is 16.5 Å². The van der Waals surface area contributed by atoms with E-state index in [9.17, 15) is 18.0 Å². The van der Waals surface area contributed by atoms with Crippen LogP contribution in [0.1, 0.15) is 68.3 Å². The van der Waals surface area contributed by atoms with Crippen LogP contribution in [-0.2, 0) is 32.2 Å². The number of fused-ring (bicyclic) bond motifs is 1. The van der Waals surface area contributed by atoms with Crippen molar-refractivity contribution in [3.8, 4) is 0 Å². The fourth-order valence-corrected chi connectivity index (χ4v) is 5.14. The molecule has 0 radical (unpaired) electrons. The Hall–Kier alpha value is -1.41. The molecule has 1 aromatic rings. The molecule has 6 nitrogen and oxygen atoms in total. The molecule has 0 unspecified atom stereocenters. The Balaban J connectivity index is 2.36. The van der Waals surface area contributed by atoms with Crippen molar-refractivity contribution < 1.29 is 22.7 Å². The molecule has 1 aromatic heterocycles. The summed E-state index contributed by atoms with van der Waals surface area (Å²) in [5.41, 5.74) is 0.675. The predicted octanol–water partition coefficient (Wildman–Crippen LogP) is 3.59. The van der Waals surface area contributed by atoms with E-state index in [-0.39, 0.29) is 5.75 Å². The van der Waals surface area contributed by atoms with Crippen LogP contribution in [0.2, 0.25) is 0 Å². The first-order valence-electron chi connectivity index (χ1n) is 9.34. The molecule has 1 amide bonds. The first-order valence-corrected chi connectivity index (χ1v) is 12.0. The van der Waals surface area contributed by atoms with E-state index in [2.05, 4.69) is 12.2 Å². The van der Waals surface area contributed by atoms with Gasteiger partial charge in [-0.15, -0.1) is 11.3 Å². The lowest BCUT2D eigenvalue weighted by Crippen LogP contribution is -2.27. The highest BCUT2D eigenvalue weighted by atomic mass is 32.2. The number of esters is 1. The Morgan fingerprint density at radius 2 is 1.93 bits per heavy atom. The lowest BCUT2D eigenvalue weighted by atomic mass is 9.85. The van der Waals surface area contributed by atoms with Crippen molar-refractivity contribution in [1.29, 1.82) is 0 Å². The maximum absolute atomic E-state index is 12.8. The second-order valence-electron chi connectivity index (χ2n) is 7.95. The number of amides is 1. The zero-order valence-electron chi connectivity index (χ0n) is 16.7. The lowest BCUT2D eigenvalue weighted by molar-refractivity contribution is -0.113. The van der Waals surface area contributed by atoms with Crippen LogP contribution < -0.4 is 5.32 Å². The highest BCUT2D eigenvalue weighted by Gasteiger charge is 2.32. The molecule has 0 aliphatic heterocycles. The number of carbonyl (C=O) groups excluding carboxylic acids is 2. The number of nitrogens with one attached hydrogen (secondary N) is 1. The fourth-order valence-electron chi connectivity index (χ4n) is 3.10. The van der Waals surface area contributed by atoms with Gasteiger partial charge < -0.3 is 10.1 Å². The number of hydrogen-bond donors (Lipinski definition) is 1. The number of carbonyl (C=O) groups is 2. The van der Waals surface area contributed by atoms with Crippen LogP contribution in [0.15, 0.2) is 0 Å². The molecule has 1 aliphatic rings. The van der Waals surface area contributed by atoms with Gasteiger partial charge in [0.25, 0.3) is 0 Å². The lowest BCUT2D eigenvalue weighted by Gasteiger charge is -2.23. The summed E-state index contributed by atoms with van der Waals surface area (Å²) >= 11 is 1.37. The van der Waals surface area contributed by atoms with E-state index >= 15 is 0 Å². The molecule has 2 rings (SSSR count). The van der Waals surface area contributed by atoms with Crippen LogP contribution in [0, 0.1) is 5.92 Å². The third-order valence-electron chi connectivity index (χ3n) is 4.59. The quantitative estimate of drug-likeness (QED) is 0.717. The van der Waals surface area contributed by atoms with Gasteiger partial charge in [-0.2, -0.15) is 0 Å². The van der Waals surface area contributed by atoms with Crippen LogP contribution >= 0.6 is 11.3 Å². The summed E-state index contributed by atoms with van der Waals surface area (Å²) in [6.45, 7) is 9.04. The molecule has 1 atom stereocenters. The molecule has 152 valence electrons. The molecule has 1 N–H and O–H groups in total. The third-order valence-corrected chi connectivity index (χ3v) is 7.34. The molecule has 0 spiro atoms. The first kappa shape index (κ1) is 21.9. The van der Waals surface area contributed by atoms with Crippen LogP contribution in [0.3, 0.4) is 0 Å². The van der Waals surface area contributed by atoms with Gasteiger partial charge in [-0.1, -0.05) is 20.3 Å². The molecule has 0 aromatic carbocycles. The van der Waals surface area contributed by atoms with Gasteiger partial charge in [0, 0.05) is 10.6 Å². The summed E-state index contributed by atoms with van der Waals surface area (Å²) in [7, 11) is -3.44. The van der Waals surface area contributed by atoms with Crippen molar-refractivity contribution in [3.63, 3.8) is 0 Å². The average molecular weight is 416 g/mol. The minimum Gasteiger partial charge on any atom is -0.456 e. The van der Waals surface area contributed by atoms with Gasteiger partial charge in [-0.25, -0.2) is 13.2 Å². The minimum absolute atomic E-state index is 0.0987. The molecule has 27 heavy (non-hydrogen) atoms. The van der Waals surface area contributed by atoms with Crippen molar-refractivity contribution in [2.75, 3.05) is 16.8 Å². The maximum atomic E-state index is 12.8. The van der Waals surface area contributed by atoms with E-state index in [0.717, 1.165) is 36.1 Å². The molecule has 0 saturated carbocycles. The maximum Gasteiger partial charge on any atom is 0.341 e. The number of ether oxygens (including phenoxy) is 1. The minimum atomic E-state index is -3.44. The first-order chi connectivity index (χ1) is 12.5. The van der Waals surface area contributed by atoms with Gasteiger partial charge >= 0.3 is 5.97 Å². The molecule has 1 heterocycles. The normalized spacial score (nSPS) is 17.3. The topological polar surface area (TPSA) is 89.5 Å². The van der Waals surface area contributed by atoms with Gasteiger partial charge in [0.15, 0.2) is 9.84 Å². The molecule has 1 aliphatic carbocycles. The predicted molar refractivity (Wildman–Crippen MR) is 108 cm³/mol. The van der Waals surface area contributed by atoms with Gasteiger partial charge in [0.2, 0.25) is 5.91 Å². The number of anilines is 1. The van der Waals surface area contributed by atoms with E-state index in [1.165, 1.54) is 18.3 Å². The van der Waals surface area contributed by atoms with Crippen molar-refractivity contribution in [1.82, 2.24) is 0 Å². The summed E-state index contributed by atoms with van der Waals surface area (Å²) in [6, 6.07) is 0. The van der Waals surface area contributed by atoms with Gasteiger partial charge in [-0.05, 0) is 51.5 Å². The Morgan fingerprint density at radius 3 is 2.48 bits per heavy atom. The van der Waals surface area contributed by atoms with Gasteiger partial charge in [0.05, 0.1) is 5.56 Å². The Kier molecular flexibility index (Phi) is 6.73. The van der Waals surface area contributed by atoms with Crippen LogP contribution in [0.25, 0.3) is 0 Å². The summed E-state index contributed by atoms with van der Waals surface area (Å²) in [5, 5.41) is 3.06. The van der Waals surface area contributed by atoms with Crippen molar-refractivity contribution in [2.45, 2.75) is 65.9 Å². The number of rotatable bonds is 6. The van der Waals surface area contributed by atoms with Gasteiger partial charge in [0.1, 0.15) is 16.4 Å². The Morgan fingerprint density at radius 1 is 1.26 bits per heavy atom. The van der Waals surface area contributed by atoms with E-state index in [1.807, 2.05) is 0 Å². The standard InChI is InChI=1S/C19H29NO5S2/c1-6-12-8-9-13-14(10-12)26-17(16(13)18(22)25-19(3,4)5)20-15(21)11-27(23,24)7-2/h12H,6-11H2,1-5H3,(H,20,21)/t12-/m1/s1. The molecule has 0 fully saturated rings. The Labute approximate surface area is 165 Å². The van der Waals surface area contributed by atoms with E-state index in [4.69, 9.17) is 4.74 Å². The van der Waals surface area contributed by atoms with Crippen molar-refractivity contribution in [3.05, 3.63) is 16.0 Å². The fraction of sp³-hybridized carbons (Fsp3) is 0.684. The average Bonchev–Trinajstić information content (AvgIpc) is 2.89. The summed E-state index contributed by atoms with van der Waals surface area (Å²) < 4.78 is 29.0. The second-order valence-corrected chi connectivity index (χ2v) is 11.4. The van der Waals surface area contributed by atoms with Crippen LogP contribution in [-0.4, -0.2) is 37.4 Å². The van der Waals surface area contributed by atoms with Crippen molar-refractivity contribution >= 4 is 38.1 Å². The van der Waals surface area contributed by atoms with Crippen molar-refractivity contribution in [2.24, 2.45) is 5.92 Å². The SMILES string of the molecule is CC[C@@H]1CCc2c(sc(NC(=O)CS(=O)(=O)CC)c2C(=O)OC(C)(C)C)C1. The number of hydrogen-bond acceptors (Lipinski definition) is 6.